The van der Waals surface area contributed by atoms with E-state index in [0.717, 1.165) is 5.06 Å². The first-order valence-corrected chi connectivity index (χ1v) is 6.13. The maximum absolute atomic E-state index is 12.3. The predicted molar refractivity (Wildman–Crippen MR) is 67.8 cm³/mol. The normalized spacial score (nSPS) is 34.0. The Kier molecular flexibility index (Phi) is 6.80. The van der Waals surface area contributed by atoms with E-state index in [1.54, 1.807) is 0 Å². The molecule has 1 aliphatic rings. The number of ether oxygens (including phenoxy) is 5. The Morgan fingerprint density at radius 1 is 0.900 bits per heavy atom. The molecule has 0 saturated carbocycles. The molecular weight excluding hydrogens is 270 g/mol. The van der Waals surface area contributed by atoms with Gasteiger partial charge in [0.05, 0.1) is 7.11 Å². The molecule has 1 saturated heterocycles. The molecule has 0 bridgehead atoms. The molecule has 0 N–H and O–H groups in total. The molecular formula is C12H23NO7. The van der Waals surface area contributed by atoms with Crippen molar-refractivity contribution < 1.29 is 33.3 Å². The summed E-state index contributed by atoms with van der Waals surface area (Å²) in [5.74, 6) is -0.391. The van der Waals surface area contributed by atoms with E-state index in [9.17, 15) is 4.79 Å². The summed E-state index contributed by atoms with van der Waals surface area (Å²) in [6.07, 6.45) is -3.31. The van der Waals surface area contributed by atoms with E-state index in [-0.39, 0.29) is 0 Å². The first-order valence-electron chi connectivity index (χ1n) is 6.13. The van der Waals surface area contributed by atoms with Crippen molar-refractivity contribution in [3.63, 3.8) is 0 Å². The zero-order valence-electron chi connectivity index (χ0n) is 12.7. The van der Waals surface area contributed by atoms with Gasteiger partial charge < -0.3 is 23.7 Å². The lowest BCUT2D eigenvalue weighted by atomic mass is 9.97. The molecule has 0 aliphatic carbocycles. The minimum atomic E-state index is -0.911. The monoisotopic (exact) mass is 293 g/mol. The fraction of sp³-hybridized carbons (Fsp3) is 0.917. The lowest BCUT2D eigenvalue weighted by Gasteiger charge is -2.43. The maximum Gasteiger partial charge on any atom is 0.277 e. The van der Waals surface area contributed by atoms with Crippen molar-refractivity contribution in [3.05, 3.63) is 0 Å². The van der Waals surface area contributed by atoms with Gasteiger partial charge in [0.2, 0.25) is 0 Å². The number of rotatable bonds is 6. The summed E-state index contributed by atoms with van der Waals surface area (Å²) in [6, 6.07) is 0. The van der Waals surface area contributed by atoms with Crippen LogP contribution in [0.15, 0.2) is 0 Å². The Morgan fingerprint density at radius 3 is 1.85 bits per heavy atom. The number of amides is 1. The van der Waals surface area contributed by atoms with Crippen LogP contribution in [0.3, 0.4) is 0 Å². The second-order valence-electron chi connectivity index (χ2n) is 4.28. The quantitative estimate of drug-likeness (QED) is 0.607. The van der Waals surface area contributed by atoms with E-state index in [2.05, 4.69) is 0 Å². The Labute approximate surface area is 118 Å². The number of hydrogen-bond donors (Lipinski definition) is 0. The molecule has 0 radical (unpaired) electrons. The molecule has 1 fully saturated rings. The SMILES string of the molecule is CO[C@H]1O[C@H](C(=O)N(C)OC)[C@@H](OC)[C@H](OC)[C@H]1OC. The van der Waals surface area contributed by atoms with Gasteiger partial charge in [-0.3, -0.25) is 9.63 Å². The van der Waals surface area contributed by atoms with Crippen LogP contribution >= 0.6 is 0 Å². The lowest BCUT2D eigenvalue weighted by Crippen LogP contribution is -2.63. The van der Waals surface area contributed by atoms with Gasteiger partial charge in [-0.2, -0.15) is 0 Å². The second-order valence-corrected chi connectivity index (χ2v) is 4.28. The maximum atomic E-state index is 12.3. The standard InChI is InChI=1S/C12H23NO7/c1-13(19-6)11(14)9-7(15-2)8(16-3)10(17-4)12(18-5)20-9/h7-10,12H,1-6H3/t7-,8-,9-,10+,12-/m0/s1. The third-order valence-corrected chi connectivity index (χ3v) is 3.37. The van der Waals surface area contributed by atoms with Crippen LogP contribution in [-0.2, 0) is 33.3 Å². The van der Waals surface area contributed by atoms with Crippen LogP contribution in [0.25, 0.3) is 0 Å². The van der Waals surface area contributed by atoms with E-state index >= 15 is 0 Å². The highest BCUT2D eigenvalue weighted by Gasteiger charge is 2.50. The summed E-state index contributed by atoms with van der Waals surface area (Å²) < 4.78 is 27.0. The van der Waals surface area contributed by atoms with E-state index in [0.29, 0.717) is 0 Å². The highest BCUT2D eigenvalue weighted by Crippen LogP contribution is 2.28. The second kappa shape index (κ2) is 7.87. The van der Waals surface area contributed by atoms with E-state index < -0.39 is 36.6 Å². The molecule has 1 amide bonds. The minimum Gasteiger partial charge on any atom is -0.376 e. The van der Waals surface area contributed by atoms with Gasteiger partial charge in [-0.1, -0.05) is 0 Å². The molecule has 118 valence electrons. The summed E-state index contributed by atoms with van der Waals surface area (Å²) >= 11 is 0. The summed E-state index contributed by atoms with van der Waals surface area (Å²) in [6.45, 7) is 0. The Balaban J connectivity index is 3.02. The molecule has 1 rings (SSSR count). The van der Waals surface area contributed by atoms with Gasteiger partial charge in [-0.15, -0.1) is 0 Å². The average Bonchev–Trinajstić information content (AvgIpc) is 2.50. The van der Waals surface area contributed by atoms with Crippen LogP contribution in [0.5, 0.6) is 0 Å². The molecule has 0 aromatic heterocycles. The van der Waals surface area contributed by atoms with E-state index in [1.807, 2.05) is 0 Å². The number of hydrogen-bond acceptors (Lipinski definition) is 7. The van der Waals surface area contributed by atoms with Gasteiger partial charge >= 0.3 is 0 Å². The molecule has 20 heavy (non-hydrogen) atoms. The van der Waals surface area contributed by atoms with Crippen LogP contribution in [0, 0.1) is 0 Å². The van der Waals surface area contributed by atoms with Gasteiger partial charge in [0.1, 0.15) is 18.3 Å². The average molecular weight is 293 g/mol. The van der Waals surface area contributed by atoms with E-state index in [1.165, 1.54) is 42.6 Å². The van der Waals surface area contributed by atoms with Crippen molar-refractivity contribution in [1.82, 2.24) is 5.06 Å². The molecule has 0 aromatic carbocycles. The van der Waals surface area contributed by atoms with Crippen molar-refractivity contribution in [2.75, 3.05) is 42.6 Å². The summed E-state index contributed by atoms with van der Waals surface area (Å²) in [7, 11) is 8.86. The van der Waals surface area contributed by atoms with Gasteiger partial charge in [-0.25, -0.2) is 5.06 Å². The summed E-state index contributed by atoms with van der Waals surface area (Å²) in [5, 5.41) is 1.07. The molecule has 5 atom stereocenters. The topological polar surface area (TPSA) is 75.7 Å². The number of methoxy groups -OCH3 is 4. The van der Waals surface area contributed by atoms with Crippen molar-refractivity contribution >= 4 is 5.91 Å². The first kappa shape index (κ1) is 17.3. The molecule has 1 aliphatic heterocycles. The summed E-state index contributed by atoms with van der Waals surface area (Å²) in [5.41, 5.74) is 0. The van der Waals surface area contributed by atoms with Gasteiger partial charge in [0.15, 0.2) is 12.4 Å². The molecule has 0 aromatic rings. The number of hydroxylamine groups is 2. The van der Waals surface area contributed by atoms with Crippen LogP contribution in [0.2, 0.25) is 0 Å². The van der Waals surface area contributed by atoms with Crippen molar-refractivity contribution in [3.8, 4) is 0 Å². The van der Waals surface area contributed by atoms with Gasteiger partial charge in [-0.05, 0) is 0 Å². The van der Waals surface area contributed by atoms with Crippen molar-refractivity contribution in [2.45, 2.75) is 30.7 Å². The molecule has 0 unspecified atom stereocenters. The zero-order valence-corrected chi connectivity index (χ0v) is 12.7. The number of carbonyl (C=O) groups excluding carboxylic acids is 1. The number of carbonyl (C=O) groups is 1. The zero-order chi connectivity index (χ0) is 15.3. The fourth-order valence-corrected chi connectivity index (χ4v) is 2.24. The van der Waals surface area contributed by atoms with Crippen LogP contribution < -0.4 is 0 Å². The first-order chi connectivity index (χ1) is 9.55. The van der Waals surface area contributed by atoms with Crippen molar-refractivity contribution in [1.29, 1.82) is 0 Å². The van der Waals surface area contributed by atoms with Gasteiger partial charge in [0, 0.05) is 35.5 Å². The summed E-state index contributed by atoms with van der Waals surface area (Å²) in [4.78, 5) is 17.1. The third kappa shape index (κ3) is 3.27. The van der Waals surface area contributed by atoms with Crippen LogP contribution in [-0.4, -0.2) is 84.3 Å². The van der Waals surface area contributed by atoms with Gasteiger partial charge in [0.25, 0.3) is 5.91 Å². The fourth-order valence-electron chi connectivity index (χ4n) is 2.24. The minimum absolute atomic E-state index is 0.391. The Bertz CT molecular complexity index is 314. The molecule has 8 nitrogen and oxygen atoms in total. The lowest BCUT2D eigenvalue weighted by molar-refractivity contribution is -0.301. The highest BCUT2D eigenvalue weighted by molar-refractivity contribution is 5.80. The molecule has 1 heterocycles. The molecule has 0 spiro atoms. The number of likely N-dealkylation sites (N-methyl/N-ethyl adjacent to an activating group) is 1. The molecule has 8 heteroatoms. The largest absolute Gasteiger partial charge is 0.376 e. The number of nitrogens with zero attached hydrogens (tertiary/aromatic N) is 1. The smallest absolute Gasteiger partial charge is 0.277 e. The Hall–Kier alpha value is -0.770. The van der Waals surface area contributed by atoms with Crippen LogP contribution in [0.1, 0.15) is 0 Å². The third-order valence-electron chi connectivity index (χ3n) is 3.37. The predicted octanol–water partition coefficient (Wildman–Crippen LogP) is -0.577. The van der Waals surface area contributed by atoms with Crippen LogP contribution in [0.4, 0.5) is 0 Å². The highest BCUT2D eigenvalue weighted by atomic mass is 16.7. The van der Waals surface area contributed by atoms with Crippen molar-refractivity contribution in [2.24, 2.45) is 0 Å². The Morgan fingerprint density at radius 2 is 1.45 bits per heavy atom. The van der Waals surface area contributed by atoms with E-state index in [4.69, 9.17) is 28.5 Å².